The standard InChI is InChI=1S/C20H18ClF3N4OS/c1-11-2-4-12(5-3-11)17(13-6-7-13)25-16(29)10-30-19-27-26-18-15(21)8-14(9-28(18)19)20(22,23)24/h2-5,8-9,13,17H,6-7,10H2,1H3,(H,25,29). The topological polar surface area (TPSA) is 59.3 Å². The van der Waals surface area contributed by atoms with Gasteiger partial charge in [0.05, 0.1) is 22.4 Å². The van der Waals surface area contributed by atoms with E-state index >= 15 is 0 Å². The summed E-state index contributed by atoms with van der Waals surface area (Å²) >= 11 is 6.94. The fraction of sp³-hybridized carbons (Fsp3) is 0.350. The molecule has 1 atom stereocenters. The monoisotopic (exact) mass is 454 g/mol. The number of hydrogen-bond donors (Lipinski definition) is 1. The summed E-state index contributed by atoms with van der Waals surface area (Å²) in [6, 6.07) is 8.79. The quantitative estimate of drug-likeness (QED) is 0.528. The molecular formula is C20H18ClF3N4OS. The Morgan fingerprint density at radius 3 is 2.63 bits per heavy atom. The number of nitrogens with zero attached hydrogens (tertiary/aromatic N) is 3. The number of halogens is 4. The number of aryl methyl sites for hydroxylation is 1. The summed E-state index contributed by atoms with van der Waals surface area (Å²) in [5.74, 6) is 0.194. The number of aromatic nitrogens is 3. The molecule has 0 spiro atoms. The smallest absolute Gasteiger partial charge is 0.348 e. The van der Waals surface area contributed by atoms with Gasteiger partial charge in [-0.3, -0.25) is 9.20 Å². The predicted molar refractivity (Wildman–Crippen MR) is 109 cm³/mol. The lowest BCUT2D eigenvalue weighted by molar-refractivity contribution is -0.137. The van der Waals surface area contributed by atoms with Crippen LogP contribution in [0.4, 0.5) is 13.2 Å². The van der Waals surface area contributed by atoms with Crippen molar-refractivity contribution in [3.05, 3.63) is 58.2 Å². The largest absolute Gasteiger partial charge is 0.417 e. The maximum absolute atomic E-state index is 13.1. The van der Waals surface area contributed by atoms with Gasteiger partial charge in [0.1, 0.15) is 0 Å². The minimum Gasteiger partial charge on any atom is -0.348 e. The Balaban J connectivity index is 1.47. The Bertz CT molecular complexity index is 1080. The molecule has 1 N–H and O–H groups in total. The van der Waals surface area contributed by atoms with Crippen LogP contribution in [0.2, 0.25) is 5.02 Å². The summed E-state index contributed by atoms with van der Waals surface area (Å²) in [6.45, 7) is 2.00. The molecule has 1 aromatic carbocycles. The first kappa shape index (κ1) is 21.0. The first-order valence-electron chi connectivity index (χ1n) is 9.32. The highest BCUT2D eigenvalue weighted by Gasteiger charge is 2.34. The molecule has 4 rings (SSSR count). The van der Waals surface area contributed by atoms with Crippen LogP contribution < -0.4 is 5.32 Å². The van der Waals surface area contributed by atoms with Gasteiger partial charge in [0.25, 0.3) is 0 Å². The normalized spacial score (nSPS) is 15.4. The van der Waals surface area contributed by atoms with E-state index in [1.807, 2.05) is 31.2 Å². The number of rotatable bonds is 6. The van der Waals surface area contributed by atoms with Gasteiger partial charge in [-0.1, -0.05) is 53.2 Å². The van der Waals surface area contributed by atoms with E-state index in [1.165, 1.54) is 4.40 Å². The third-order valence-electron chi connectivity index (χ3n) is 4.93. The molecule has 2 aromatic heterocycles. The minimum atomic E-state index is -4.55. The van der Waals surface area contributed by atoms with E-state index < -0.39 is 11.7 Å². The zero-order valence-corrected chi connectivity index (χ0v) is 17.5. The van der Waals surface area contributed by atoms with Gasteiger partial charge in [-0.15, -0.1) is 10.2 Å². The van der Waals surface area contributed by atoms with Crippen molar-refractivity contribution in [2.75, 3.05) is 5.75 Å². The number of thioether (sulfide) groups is 1. The average molecular weight is 455 g/mol. The summed E-state index contributed by atoms with van der Waals surface area (Å²) in [5.41, 5.74) is 1.41. The summed E-state index contributed by atoms with van der Waals surface area (Å²) in [6.07, 6.45) is -1.55. The molecule has 5 nitrogen and oxygen atoms in total. The zero-order valence-electron chi connectivity index (χ0n) is 15.9. The van der Waals surface area contributed by atoms with E-state index in [4.69, 9.17) is 11.6 Å². The Morgan fingerprint density at radius 1 is 1.30 bits per heavy atom. The van der Waals surface area contributed by atoms with Crippen LogP contribution >= 0.6 is 23.4 Å². The average Bonchev–Trinajstić information content (AvgIpc) is 3.44. The van der Waals surface area contributed by atoms with Gasteiger partial charge in [0.15, 0.2) is 10.8 Å². The van der Waals surface area contributed by atoms with Crippen molar-refractivity contribution in [3.8, 4) is 0 Å². The van der Waals surface area contributed by atoms with Gasteiger partial charge < -0.3 is 5.32 Å². The Morgan fingerprint density at radius 2 is 2.00 bits per heavy atom. The van der Waals surface area contributed by atoms with Crippen LogP contribution in [0.15, 0.2) is 41.7 Å². The van der Waals surface area contributed by atoms with E-state index in [0.29, 0.717) is 5.92 Å². The third kappa shape index (κ3) is 4.57. The van der Waals surface area contributed by atoms with Crippen LogP contribution in [0.5, 0.6) is 0 Å². The summed E-state index contributed by atoms with van der Waals surface area (Å²) in [7, 11) is 0. The highest BCUT2D eigenvalue weighted by Crippen LogP contribution is 2.41. The molecule has 1 fully saturated rings. The van der Waals surface area contributed by atoms with Gasteiger partial charge in [-0.2, -0.15) is 13.2 Å². The van der Waals surface area contributed by atoms with Gasteiger partial charge in [0.2, 0.25) is 5.91 Å². The van der Waals surface area contributed by atoms with Crippen molar-refractivity contribution in [2.24, 2.45) is 5.92 Å². The SMILES string of the molecule is Cc1ccc(C(NC(=O)CSc2nnc3c(Cl)cc(C(F)(F)F)cn23)C2CC2)cc1. The molecule has 158 valence electrons. The van der Waals surface area contributed by atoms with Crippen molar-refractivity contribution in [3.63, 3.8) is 0 Å². The second kappa shape index (κ2) is 8.11. The Kier molecular flexibility index (Phi) is 5.67. The fourth-order valence-corrected chi connectivity index (χ4v) is 4.18. The number of hydrogen-bond acceptors (Lipinski definition) is 4. The van der Waals surface area contributed by atoms with Crippen LogP contribution in [-0.2, 0) is 11.0 Å². The van der Waals surface area contributed by atoms with Crippen molar-refractivity contribution in [1.29, 1.82) is 0 Å². The molecule has 1 amide bonds. The number of amides is 1. The number of carbonyl (C=O) groups is 1. The van der Waals surface area contributed by atoms with Crippen molar-refractivity contribution in [1.82, 2.24) is 19.9 Å². The van der Waals surface area contributed by atoms with E-state index in [1.54, 1.807) is 0 Å². The Labute approximate surface area is 180 Å². The molecule has 1 unspecified atom stereocenters. The summed E-state index contributed by atoms with van der Waals surface area (Å²) < 4.78 is 40.4. The van der Waals surface area contributed by atoms with E-state index in [9.17, 15) is 18.0 Å². The van der Waals surface area contributed by atoms with Crippen LogP contribution in [0.1, 0.15) is 35.6 Å². The van der Waals surface area contributed by atoms with Crippen LogP contribution in [-0.4, -0.2) is 26.3 Å². The molecule has 0 aliphatic heterocycles. The molecule has 1 aliphatic rings. The molecule has 0 saturated heterocycles. The number of pyridine rings is 1. The lowest BCUT2D eigenvalue weighted by atomic mass is 10.0. The van der Waals surface area contributed by atoms with Gasteiger partial charge in [0, 0.05) is 6.20 Å². The van der Waals surface area contributed by atoms with E-state index in [2.05, 4.69) is 15.5 Å². The number of benzene rings is 1. The zero-order chi connectivity index (χ0) is 21.5. The van der Waals surface area contributed by atoms with Crippen LogP contribution in [0, 0.1) is 12.8 Å². The number of carbonyl (C=O) groups excluding carboxylic acids is 1. The van der Waals surface area contributed by atoms with Gasteiger partial charge in [-0.25, -0.2) is 0 Å². The highest BCUT2D eigenvalue weighted by atomic mass is 35.5. The molecule has 1 aliphatic carbocycles. The maximum Gasteiger partial charge on any atom is 0.417 e. The molecule has 3 aromatic rings. The minimum absolute atomic E-state index is 0.00371. The molecule has 2 heterocycles. The molecule has 1 saturated carbocycles. The van der Waals surface area contributed by atoms with Crippen molar-refractivity contribution in [2.45, 2.75) is 37.1 Å². The van der Waals surface area contributed by atoms with Crippen LogP contribution in [0.25, 0.3) is 5.65 Å². The second-order valence-electron chi connectivity index (χ2n) is 7.33. The number of alkyl halides is 3. The first-order valence-corrected chi connectivity index (χ1v) is 10.7. The summed E-state index contributed by atoms with van der Waals surface area (Å²) in [5, 5.41) is 10.8. The lowest BCUT2D eigenvalue weighted by Gasteiger charge is -2.19. The van der Waals surface area contributed by atoms with Crippen molar-refractivity contribution < 1.29 is 18.0 Å². The highest BCUT2D eigenvalue weighted by molar-refractivity contribution is 7.99. The van der Waals surface area contributed by atoms with Crippen molar-refractivity contribution >= 4 is 34.9 Å². The maximum atomic E-state index is 13.1. The number of fused-ring (bicyclic) bond motifs is 1. The molecule has 10 heteroatoms. The van der Waals surface area contributed by atoms with Gasteiger partial charge >= 0.3 is 6.18 Å². The van der Waals surface area contributed by atoms with Gasteiger partial charge in [-0.05, 0) is 37.3 Å². The van der Waals surface area contributed by atoms with E-state index in [0.717, 1.165) is 48.0 Å². The molecule has 0 bridgehead atoms. The second-order valence-corrected chi connectivity index (χ2v) is 8.68. The van der Waals surface area contributed by atoms with Crippen LogP contribution in [0.3, 0.4) is 0 Å². The molecular weight excluding hydrogens is 437 g/mol. The number of nitrogens with one attached hydrogen (secondary N) is 1. The van der Waals surface area contributed by atoms with E-state index in [-0.39, 0.29) is 33.5 Å². The summed E-state index contributed by atoms with van der Waals surface area (Å²) in [4.78, 5) is 12.6. The third-order valence-corrected chi connectivity index (χ3v) is 6.16. The first-order chi connectivity index (χ1) is 14.2. The predicted octanol–water partition coefficient (Wildman–Crippen LogP) is 5.07. The molecule has 0 radical (unpaired) electrons. The Hall–Kier alpha value is -2.26. The lowest BCUT2D eigenvalue weighted by Crippen LogP contribution is -2.31. The fourth-order valence-electron chi connectivity index (χ4n) is 3.21. The molecule has 30 heavy (non-hydrogen) atoms.